The van der Waals surface area contributed by atoms with Gasteiger partial charge in [0.15, 0.2) is 6.10 Å². The van der Waals surface area contributed by atoms with E-state index < -0.39 is 6.10 Å². The maximum absolute atomic E-state index is 12.9. The van der Waals surface area contributed by atoms with E-state index in [0.29, 0.717) is 19.3 Å². The van der Waals surface area contributed by atoms with Crippen molar-refractivity contribution in [2.75, 3.05) is 13.2 Å². The fourth-order valence-corrected chi connectivity index (χ4v) is 8.48. The van der Waals surface area contributed by atoms with E-state index in [0.717, 1.165) is 89.9 Å². The normalized spacial score (nSPS) is 12.4. The fourth-order valence-electron chi connectivity index (χ4n) is 8.48. The third kappa shape index (κ3) is 55.9. The number of hydrogen-bond acceptors (Lipinski definition) is 6. The van der Waals surface area contributed by atoms with E-state index in [1.54, 1.807) is 0 Å². The van der Waals surface area contributed by atoms with Crippen LogP contribution in [-0.4, -0.2) is 37.2 Å². The van der Waals surface area contributed by atoms with Gasteiger partial charge in [-0.3, -0.25) is 14.4 Å². The summed E-state index contributed by atoms with van der Waals surface area (Å²) < 4.78 is 16.9. The average molecular weight is 966 g/mol. The molecule has 0 bridgehead atoms. The number of carbonyl (C=O) groups is 3. The van der Waals surface area contributed by atoms with E-state index in [1.807, 2.05) is 0 Å². The van der Waals surface area contributed by atoms with Gasteiger partial charge in [-0.15, -0.1) is 0 Å². The molecule has 0 aliphatic carbocycles. The highest BCUT2D eigenvalue weighted by Gasteiger charge is 2.19. The summed E-state index contributed by atoms with van der Waals surface area (Å²) in [5.41, 5.74) is 0. The summed E-state index contributed by atoms with van der Waals surface area (Å²) in [6.07, 6.45) is 72.1. The minimum absolute atomic E-state index is 0.0864. The molecular formula is C63H112O6. The van der Waals surface area contributed by atoms with Crippen LogP contribution in [0.15, 0.2) is 60.8 Å². The summed E-state index contributed by atoms with van der Waals surface area (Å²) in [5, 5.41) is 0. The molecular weight excluding hydrogens is 853 g/mol. The summed E-state index contributed by atoms with van der Waals surface area (Å²) in [6, 6.07) is 0. The van der Waals surface area contributed by atoms with E-state index in [9.17, 15) is 14.4 Å². The molecule has 0 rings (SSSR count). The third-order valence-corrected chi connectivity index (χ3v) is 13.0. The fraction of sp³-hybridized carbons (Fsp3) is 0.794. The molecule has 0 radical (unpaired) electrons. The lowest BCUT2D eigenvalue weighted by atomic mass is 10.0. The monoisotopic (exact) mass is 965 g/mol. The molecule has 0 amide bonds. The second kappa shape index (κ2) is 57.7. The highest BCUT2D eigenvalue weighted by Crippen LogP contribution is 2.16. The van der Waals surface area contributed by atoms with Crippen LogP contribution in [0, 0.1) is 0 Å². The van der Waals surface area contributed by atoms with Crippen molar-refractivity contribution < 1.29 is 28.6 Å². The summed E-state index contributed by atoms with van der Waals surface area (Å²) in [7, 11) is 0. The summed E-state index contributed by atoms with van der Waals surface area (Å²) in [6.45, 7) is 6.60. The first kappa shape index (κ1) is 66.1. The number of ether oxygens (including phenoxy) is 3. The van der Waals surface area contributed by atoms with Gasteiger partial charge in [-0.05, 0) is 89.9 Å². The molecule has 1 atom stereocenters. The van der Waals surface area contributed by atoms with Gasteiger partial charge in [0.05, 0.1) is 0 Å². The molecule has 0 saturated carbocycles. The minimum Gasteiger partial charge on any atom is -0.462 e. The van der Waals surface area contributed by atoms with Gasteiger partial charge in [0.25, 0.3) is 0 Å². The van der Waals surface area contributed by atoms with E-state index in [4.69, 9.17) is 14.2 Å². The number of carbonyl (C=O) groups excluding carboxylic acids is 3. The van der Waals surface area contributed by atoms with Crippen LogP contribution in [0.25, 0.3) is 0 Å². The van der Waals surface area contributed by atoms with Crippen LogP contribution in [0.1, 0.15) is 303 Å². The molecule has 6 heteroatoms. The Labute approximate surface area is 428 Å². The molecule has 400 valence electrons. The number of allylic oxidation sites excluding steroid dienone is 10. The zero-order valence-corrected chi connectivity index (χ0v) is 45.8. The van der Waals surface area contributed by atoms with Crippen molar-refractivity contribution in [2.45, 2.75) is 309 Å². The first-order valence-corrected chi connectivity index (χ1v) is 29.8. The maximum Gasteiger partial charge on any atom is 0.306 e. The van der Waals surface area contributed by atoms with Gasteiger partial charge in [0.2, 0.25) is 0 Å². The Morgan fingerprint density at radius 1 is 0.290 bits per heavy atom. The largest absolute Gasteiger partial charge is 0.462 e. The maximum atomic E-state index is 12.9. The molecule has 69 heavy (non-hydrogen) atoms. The van der Waals surface area contributed by atoms with Crippen LogP contribution in [-0.2, 0) is 28.6 Å². The standard InChI is InChI=1S/C63H112O6/c1-4-7-10-13-16-19-22-25-27-29-31-33-35-38-41-44-47-50-53-56-62(65)68-59-60(58-67-61(64)55-52-49-46-43-40-37-24-21-18-15-12-9-6-3)69-63(66)57-54-51-48-45-42-39-36-34-32-30-28-26-23-20-17-14-11-8-5-2/h16,19,21,24-25,27,31,33,38,41,60H,4-15,17-18,20,22-23,26,28-30,32,34-37,39-40,42-59H2,1-3H3/b19-16-,24-21-,27-25-,33-31-,41-38-/t60-/m1/s1. The summed E-state index contributed by atoms with van der Waals surface area (Å²) in [5.74, 6) is -0.912. The van der Waals surface area contributed by atoms with E-state index in [-0.39, 0.29) is 31.1 Å². The van der Waals surface area contributed by atoms with Crippen LogP contribution in [0.2, 0.25) is 0 Å². The Balaban J connectivity index is 4.40. The first-order chi connectivity index (χ1) is 34.0. The molecule has 0 aromatic carbocycles. The topological polar surface area (TPSA) is 78.9 Å². The number of unbranched alkanes of at least 4 members (excludes halogenated alkanes) is 33. The second-order valence-electron chi connectivity index (χ2n) is 19.9. The zero-order chi connectivity index (χ0) is 50.0. The van der Waals surface area contributed by atoms with Crippen molar-refractivity contribution in [1.82, 2.24) is 0 Å². The zero-order valence-electron chi connectivity index (χ0n) is 45.8. The molecule has 0 fully saturated rings. The number of rotatable bonds is 54. The van der Waals surface area contributed by atoms with Crippen LogP contribution >= 0.6 is 0 Å². The lowest BCUT2D eigenvalue weighted by molar-refractivity contribution is -0.167. The van der Waals surface area contributed by atoms with Crippen LogP contribution in [0.3, 0.4) is 0 Å². The molecule has 0 saturated heterocycles. The van der Waals surface area contributed by atoms with Gasteiger partial charge in [-0.25, -0.2) is 0 Å². The smallest absolute Gasteiger partial charge is 0.306 e. The van der Waals surface area contributed by atoms with Gasteiger partial charge in [0, 0.05) is 19.3 Å². The predicted octanol–water partition coefficient (Wildman–Crippen LogP) is 20.0. The molecule has 0 heterocycles. The highest BCUT2D eigenvalue weighted by atomic mass is 16.6. The SMILES string of the molecule is CCCCC/C=C\C/C=C\C/C=C\C/C=C\CCCCCC(=O)OC[C@@H](COC(=O)CCCCCCC/C=C\CCCCCC)OC(=O)CCCCCCCCCCCCCCCCCCCCC. The molecule has 0 aliphatic heterocycles. The van der Waals surface area contributed by atoms with Crippen molar-refractivity contribution in [2.24, 2.45) is 0 Å². The van der Waals surface area contributed by atoms with Gasteiger partial charge in [0.1, 0.15) is 13.2 Å². The molecule has 0 unspecified atom stereocenters. The van der Waals surface area contributed by atoms with Crippen molar-refractivity contribution in [3.63, 3.8) is 0 Å². The van der Waals surface area contributed by atoms with Crippen LogP contribution < -0.4 is 0 Å². The highest BCUT2D eigenvalue weighted by molar-refractivity contribution is 5.71. The van der Waals surface area contributed by atoms with Crippen molar-refractivity contribution in [1.29, 1.82) is 0 Å². The minimum atomic E-state index is -0.789. The van der Waals surface area contributed by atoms with E-state index in [1.165, 1.54) is 173 Å². The van der Waals surface area contributed by atoms with E-state index in [2.05, 4.69) is 81.5 Å². The van der Waals surface area contributed by atoms with Gasteiger partial charge in [-0.2, -0.15) is 0 Å². The van der Waals surface area contributed by atoms with Gasteiger partial charge in [-0.1, -0.05) is 255 Å². The molecule has 0 aromatic heterocycles. The third-order valence-electron chi connectivity index (χ3n) is 13.0. The average Bonchev–Trinajstić information content (AvgIpc) is 3.35. The lowest BCUT2D eigenvalue weighted by Crippen LogP contribution is -2.30. The molecule has 0 N–H and O–H groups in total. The molecule has 0 aromatic rings. The Kier molecular flexibility index (Phi) is 55.3. The Hall–Kier alpha value is -2.89. The van der Waals surface area contributed by atoms with Crippen molar-refractivity contribution in [3.8, 4) is 0 Å². The van der Waals surface area contributed by atoms with E-state index >= 15 is 0 Å². The molecule has 6 nitrogen and oxygen atoms in total. The van der Waals surface area contributed by atoms with Gasteiger partial charge < -0.3 is 14.2 Å². The quantitative estimate of drug-likeness (QED) is 0.0262. The molecule has 0 spiro atoms. The van der Waals surface area contributed by atoms with Crippen molar-refractivity contribution in [3.05, 3.63) is 60.8 Å². The Morgan fingerprint density at radius 3 is 0.884 bits per heavy atom. The number of esters is 3. The van der Waals surface area contributed by atoms with Gasteiger partial charge >= 0.3 is 17.9 Å². The summed E-state index contributed by atoms with van der Waals surface area (Å²) >= 11 is 0. The van der Waals surface area contributed by atoms with Crippen LogP contribution in [0.5, 0.6) is 0 Å². The summed E-state index contributed by atoms with van der Waals surface area (Å²) in [4.78, 5) is 38.2. The number of hydrogen-bond donors (Lipinski definition) is 0. The second-order valence-corrected chi connectivity index (χ2v) is 19.9. The van der Waals surface area contributed by atoms with Crippen molar-refractivity contribution >= 4 is 17.9 Å². The Bertz CT molecular complexity index is 1250. The molecule has 0 aliphatic rings. The van der Waals surface area contributed by atoms with Crippen LogP contribution in [0.4, 0.5) is 0 Å². The Morgan fingerprint density at radius 2 is 0.522 bits per heavy atom. The first-order valence-electron chi connectivity index (χ1n) is 29.8. The predicted molar refractivity (Wildman–Crippen MR) is 298 cm³/mol. The lowest BCUT2D eigenvalue weighted by Gasteiger charge is -2.18.